The van der Waals surface area contributed by atoms with Gasteiger partial charge < -0.3 is 0 Å². The number of alkyl halides is 1. The minimum absolute atomic E-state index is 0.0949. The third kappa shape index (κ3) is 4.42. The number of benzene rings is 2. The van der Waals surface area contributed by atoms with E-state index in [1.807, 2.05) is 0 Å². The number of allylic oxidation sites excluding steroid dienone is 1. The van der Waals surface area contributed by atoms with Gasteiger partial charge >= 0.3 is 153 Å². The molecule has 0 saturated carbocycles. The van der Waals surface area contributed by atoms with Gasteiger partial charge in [0.15, 0.2) is 0 Å². The van der Waals surface area contributed by atoms with Crippen LogP contribution in [0.3, 0.4) is 0 Å². The van der Waals surface area contributed by atoms with Gasteiger partial charge in [0.05, 0.1) is 0 Å². The molecule has 21 heavy (non-hydrogen) atoms. The van der Waals surface area contributed by atoms with Gasteiger partial charge in [-0.2, -0.15) is 0 Å². The summed E-state index contributed by atoms with van der Waals surface area (Å²) in [5.74, 6) is 0. The van der Waals surface area contributed by atoms with E-state index in [2.05, 4.69) is 102 Å². The second kappa shape index (κ2) is 8.13. The van der Waals surface area contributed by atoms with E-state index in [1.165, 1.54) is 29.4 Å². The number of rotatable bonds is 4. The summed E-state index contributed by atoms with van der Waals surface area (Å²) in [5, 5.41) is 0. The Hall–Kier alpha value is -0.620. The molecule has 0 aliphatic heterocycles. The Kier molecular flexibility index (Phi) is 6.48. The molecule has 0 aromatic heterocycles. The van der Waals surface area contributed by atoms with Gasteiger partial charge in [-0.05, 0) is 0 Å². The Labute approximate surface area is 151 Å². The molecule has 0 fully saturated rings. The molecule has 110 valence electrons. The third-order valence-electron chi connectivity index (χ3n) is 3.35. The predicted molar refractivity (Wildman–Crippen MR) is 98.8 cm³/mol. The third-order valence-corrected chi connectivity index (χ3v) is 6.39. The van der Waals surface area contributed by atoms with E-state index < -0.39 is 0 Å². The molecule has 0 spiro atoms. The summed E-state index contributed by atoms with van der Waals surface area (Å²) >= 11 is 2.45. The van der Waals surface area contributed by atoms with Gasteiger partial charge in [-0.25, -0.2) is 0 Å². The van der Waals surface area contributed by atoms with Gasteiger partial charge in [-0.1, -0.05) is 0 Å². The van der Waals surface area contributed by atoms with E-state index in [0.29, 0.717) is 0 Å². The van der Waals surface area contributed by atoms with Gasteiger partial charge in [0, 0.05) is 0 Å². The minimum atomic E-state index is 0.0949. The van der Waals surface area contributed by atoms with Crippen LogP contribution in [0.1, 0.15) is 29.2 Å². The summed E-state index contributed by atoms with van der Waals surface area (Å²) in [4.78, 5) is 2.32. The average molecular weight is 501 g/mol. The van der Waals surface area contributed by atoms with Crippen LogP contribution < -0.4 is 21.2 Å². The first kappa shape index (κ1) is 16.7. The molecule has 0 N–H and O–H groups in total. The fourth-order valence-corrected chi connectivity index (χ4v) is 4.57. The monoisotopic (exact) mass is 501 g/mol. The van der Waals surface area contributed by atoms with Gasteiger partial charge in [-0.3, -0.25) is 0 Å². The SMILES string of the molecule is C/C=C(/[I-]C)c1ccccc1/C=C/c1ccc(I)cc1C. The summed E-state index contributed by atoms with van der Waals surface area (Å²) in [7, 11) is 0. The van der Waals surface area contributed by atoms with Crippen molar-refractivity contribution in [3.05, 3.63) is 74.4 Å². The first-order chi connectivity index (χ1) is 10.2. The maximum atomic E-state index is 2.36. The van der Waals surface area contributed by atoms with Crippen LogP contribution in [0, 0.1) is 10.5 Å². The Morgan fingerprint density at radius 2 is 1.76 bits per heavy atom. The van der Waals surface area contributed by atoms with E-state index in [-0.39, 0.29) is 21.2 Å². The molecular weight excluding hydrogens is 482 g/mol. The molecule has 0 saturated heterocycles. The Morgan fingerprint density at radius 3 is 2.43 bits per heavy atom. The first-order valence-electron chi connectivity index (χ1n) is 6.85. The zero-order valence-corrected chi connectivity index (χ0v) is 16.8. The van der Waals surface area contributed by atoms with E-state index in [1.54, 1.807) is 0 Å². The molecule has 2 heteroatoms. The summed E-state index contributed by atoms with van der Waals surface area (Å²) < 4.78 is 2.79. The van der Waals surface area contributed by atoms with Crippen molar-refractivity contribution in [3.8, 4) is 0 Å². The molecule has 0 radical (unpaired) electrons. The van der Waals surface area contributed by atoms with Crippen molar-refractivity contribution in [3.63, 3.8) is 0 Å². The van der Waals surface area contributed by atoms with Gasteiger partial charge in [0.25, 0.3) is 0 Å². The fraction of sp³-hybridized carbons (Fsp3) is 0.158. The van der Waals surface area contributed by atoms with E-state index >= 15 is 0 Å². The Morgan fingerprint density at radius 1 is 1.05 bits per heavy atom. The normalized spacial score (nSPS) is 12.3. The number of hydrogen-bond donors (Lipinski definition) is 0. The van der Waals surface area contributed by atoms with Crippen LogP contribution in [-0.4, -0.2) is 4.93 Å². The van der Waals surface area contributed by atoms with Crippen LogP contribution in [0.5, 0.6) is 0 Å². The number of hydrogen-bond acceptors (Lipinski definition) is 0. The van der Waals surface area contributed by atoms with Crippen molar-refractivity contribution in [1.29, 1.82) is 0 Å². The molecule has 0 aliphatic carbocycles. The number of aryl methyl sites for hydroxylation is 1. The van der Waals surface area contributed by atoms with Crippen molar-refractivity contribution < 1.29 is 21.2 Å². The molecule has 0 unspecified atom stereocenters. The first-order valence-corrected chi connectivity index (χ1v) is 11.2. The van der Waals surface area contributed by atoms with Crippen molar-refractivity contribution in [1.82, 2.24) is 0 Å². The standard InChI is InChI=1S/C19H19I2/c1-4-19(21-3)18-8-6-5-7-16(18)10-9-15-11-12-17(20)13-14(15)2/h4-13H,1-3H3/q-1/b10-9+,19-4+. The van der Waals surface area contributed by atoms with Crippen LogP contribution in [-0.2, 0) is 0 Å². The van der Waals surface area contributed by atoms with Crippen molar-refractivity contribution >= 4 is 38.3 Å². The van der Waals surface area contributed by atoms with Crippen LogP contribution >= 0.6 is 22.6 Å². The fourth-order valence-electron chi connectivity index (χ4n) is 2.23. The zero-order chi connectivity index (χ0) is 15.2. The van der Waals surface area contributed by atoms with E-state index in [9.17, 15) is 0 Å². The Balaban J connectivity index is 2.37. The molecule has 0 heterocycles. The van der Waals surface area contributed by atoms with E-state index in [0.717, 1.165) is 0 Å². The van der Waals surface area contributed by atoms with Crippen molar-refractivity contribution in [2.24, 2.45) is 0 Å². The van der Waals surface area contributed by atoms with Gasteiger partial charge in [-0.15, -0.1) is 0 Å². The summed E-state index contributed by atoms with van der Waals surface area (Å²) in [6.45, 7) is 4.31. The molecule has 2 aromatic rings. The molecule has 0 amide bonds. The second-order valence-electron chi connectivity index (χ2n) is 4.75. The van der Waals surface area contributed by atoms with Gasteiger partial charge in [0.2, 0.25) is 0 Å². The van der Waals surface area contributed by atoms with Crippen molar-refractivity contribution in [2.45, 2.75) is 13.8 Å². The molecular formula is C19H19I2-. The zero-order valence-electron chi connectivity index (χ0n) is 12.5. The van der Waals surface area contributed by atoms with Crippen LogP contribution in [0.15, 0.2) is 48.5 Å². The molecule has 0 atom stereocenters. The quantitative estimate of drug-likeness (QED) is 0.344. The topological polar surface area (TPSA) is 0 Å². The van der Waals surface area contributed by atoms with Crippen molar-refractivity contribution in [2.75, 3.05) is 4.93 Å². The summed E-state index contributed by atoms with van der Waals surface area (Å²) in [6, 6.07) is 15.3. The average Bonchev–Trinajstić information content (AvgIpc) is 2.49. The summed E-state index contributed by atoms with van der Waals surface area (Å²) in [5.41, 5.74) is 5.31. The van der Waals surface area contributed by atoms with Crippen LogP contribution in [0.25, 0.3) is 15.7 Å². The predicted octanol–water partition coefficient (Wildman–Crippen LogP) is 2.85. The van der Waals surface area contributed by atoms with Gasteiger partial charge in [0.1, 0.15) is 0 Å². The molecule has 0 bridgehead atoms. The molecule has 2 aromatic carbocycles. The molecule has 0 aliphatic rings. The summed E-state index contributed by atoms with van der Waals surface area (Å²) in [6.07, 6.45) is 6.73. The van der Waals surface area contributed by atoms with E-state index in [4.69, 9.17) is 0 Å². The second-order valence-corrected chi connectivity index (χ2v) is 8.23. The molecule has 2 rings (SSSR count). The van der Waals surface area contributed by atoms with Crippen LogP contribution in [0.4, 0.5) is 0 Å². The number of halogens is 2. The van der Waals surface area contributed by atoms with Crippen LogP contribution in [0.2, 0.25) is 0 Å². The Bertz CT molecular complexity index is 682. The molecule has 0 nitrogen and oxygen atoms in total. The maximum absolute atomic E-state index is 2.36.